The molecule has 0 unspecified atom stereocenters. The number of benzene rings is 1. The SMILES string of the molecule is O=C(NCCCCC(F)(F)F)c1ccc2c(c1)CNCC2. The van der Waals surface area contributed by atoms with E-state index in [0.717, 1.165) is 25.1 Å². The van der Waals surface area contributed by atoms with E-state index in [2.05, 4.69) is 10.6 Å². The molecule has 1 heterocycles. The van der Waals surface area contributed by atoms with Crippen molar-refractivity contribution in [1.29, 1.82) is 0 Å². The fourth-order valence-corrected chi connectivity index (χ4v) is 2.38. The molecule has 0 spiro atoms. The number of hydrogen-bond donors (Lipinski definition) is 2. The molecular formula is C15H19F3N2O. The molecule has 0 aliphatic carbocycles. The number of nitrogens with one attached hydrogen (secondary N) is 2. The molecule has 0 atom stereocenters. The molecule has 1 aliphatic rings. The molecule has 1 aromatic carbocycles. The third-order valence-electron chi connectivity index (χ3n) is 3.53. The largest absolute Gasteiger partial charge is 0.389 e. The van der Waals surface area contributed by atoms with Crippen LogP contribution in [0, 0.1) is 0 Å². The number of amides is 1. The highest BCUT2D eigenvalue weighted by atomic mass is 19.4. The lowest BCUT2D eigenvalue weighted by atomic mass is 9.98. The second-order valence-corrected chi connectivity index (χ2v) is 5.24. The van der Waals surface area contributed by atoms with Crippen LogP contribution < -0.4 is 10.6 Å². The zero-order chi connectivity index (χ0) is 15.3. The maximum Gasteiger partial charge on any atom is 0.389 e. The van der Waals surface area contributed by atoms with Crippen LogP contribution in [0.25, 0.3) is 0 Å². The summed E-state index contributed by atoms with van der Waals surface area (Å²) >= 11 is 0. The minimum atomic E-state index is -4.12. The van der Waals surface area contributed by atoms with Crippen LogP contribution >= 0.6 is 0 Å². The summed E-state index contributed by atoms with van der Waals surface area (Å²) in [5.74, 6) is -0.226. The number of carbonyl (C=O) groups is 1. The van der Waals surface area contributed by atoms with Gasteiger partial charge in [0.25, 0.3) is 5.91 Å². The van der Waals surface area contributed by atoms with Crippen molar-refractivity contribution in [2.24, 2.45) is 0 Å². The van der Waals surface area contributed by atoms with Crippen molar-refractivity contribution in [2.75, 3.05) is 13.1 Å². The molecule has 1 aliphatic heterocycles. The lowest BCUT2D eigenvalue weighted by molar-refractivity contribution is -0.135. The molecule has 0 saturated carbocycles. The van der Waals surface area contributed by atoms with Crippen LogP contribution in [0.2, 0.25) is 0 Å². The van der Waals surface area contributed by atoms with E-state index in [9.17, 15) is 18.0 Å². The van der Waals surface area contributed by atoms with Gasteiger partial charge in [0, 0.05) is 25.1 Å². The van der Waals surface area contributed by atoms with Gasteiger partial charge >= 0.3 is 6.18 Å². The Hall–Kier alpha value is -1.56. The molecule has 1 amide bonds. The zero-order valence-corrected chi connectivity index (χ0v) is 11.7. The number of hydrogen-bond acceptors (Lipinski definition) is 2. The third kappa shape index (κ3) is 5.04. The Morgan fingerprint density at radius 3 is 2.81 bits per heavy atom. The van der Waals surface area contributed by atoms with E-state index >= 15 is 0 Å². The first-order chi connectivity index (χ1) is 9.96. The number of unbranched alkanes of at least 4 members (excludes halogenated alkanes) is 1. The molecule has 21 heavy (non-hydrogen) atoms. The Labute approximate surface area is 121 Å². The summed E-state index contributed by atoms with van der Waals surface area (Å²) in [4.78, 5) is 11.9. The van der Waals surface area contributed by atoms with E-state index < -0.39 is 12.6 Å². The molecule has 0 bridgehead atoms. The van der Waals surface area contributed by atoms with Crippen molar-refractivity contribution in [3.8, 4) is 0 Å². The normalized spacial score (nSPS) is 14.6. The summed E-state index contributed by atoms with van der Waals surface area (Å²) < 4.78 is 35.9. The smallest absolute Gasteiger partial charge is 0.352 e. The topological polar surface area (TPSA) is 41.1 Å². The van der Waals surface area contributed by atoms with Gasteiger partial charge in [0.15, 0.2) is 0 Å². The molecule has 2 N–H and O–H groups in total. The molecule has 0 saturated heterocycles. The lowest BCUT2D eigenvalue weighted by Crippen LogP contribution is -2.27. The highest BCUT2D eigenvalue weighted by Crippen LogP contribution is 2.22. The van der Waals surface area contributed by atoms with Crippen molar-refractivity contribution in [3.05, 3.63) is 34.9 Å². The van der Waals surface area contributed by atoms with E-state index in [1.807, 2.05) is 12.1 Å². The van der Waals surface area contributed by atoms with Crippen molar-refractivity contribution >= 4 is 5.91 Å². The number of carbonyl (C=O) groups excluding carboxylic acids is 1. The van der Waals surface area contributed by atoms with Crippen LogP contribution in [-0.4, -0.2) is 25.2 Å². The van der Waals surface area contributed by atoms with Gasteiger partial charge in [-0.1, -0.05) is 6.07 Å². The van der Waals surface area contributed by atoms with Gasteiger partial charge in [-0.3, -0.25) is 4.79 Å². The van der Waals surface area contributed by atoms with E-state index in [1.54, 1.807) is 6.07 Å². The summed E-state index contributed by atoms with van der Waals surface area (Å²) in [7, 11) is 0. The first-order valence-corrected chi connectivity index (χ1v) is 7.13. The van der Waals surface area contributed by atoms with E-state index in [4.69, 9.17) is 0 Å². The average molecular weight is 300 g/mol. The summed E-state index contributed by atoms with van der Waals surface area (Å²) in [5, 5.41) is 5.91. The first kappa shape index (κ1) is 15.8. The predicted molar refractivity (Wildman–Crippen MR) is 74.1 cm³/mol. The Morgan fingerprint density at radius 1 is 1.24 bits per heavy atom. The first-order valence-electron chi connectivity index (χ1n) is 7.13. The van der Waals surface area contributed by atoms with Crippen LogP contribution in [0.15, 0.2) is 18.2 Å². The van der Waals surface area contributed by atoms with E-state index in [0.29, 0.717) is 12.0 Å². The molecule has 6 heteroatoms. The standard InChI is InChI=1S/C15H19F3N2O/c16-15(17,18)6-1-2-7-20-14(21)12-4-3-11-5-8-19-10-13(11)9-12/h3-4,9,19H,1-2,5-8,10H2,(H,20,21). The van der Waals surface area contributed by atoms with Crippen molar-refractivity contribution in [1.82, 2.24) is 10.6 Å². The Morgan fingerprint density at radius 2 is 2.05 bits per heavy atom. The number of alkyl halides is 3. The van der Waals surface area contributed by atoms with E-state index in [1.165, 1.54) is 5.56 Å². The lowest BCUT2D eigenvalue weighted by Gasteiger charge is -2.17. The van der Waals surface area contributed by atoms with Gasteiger partial charge < -0.3 is 10.6 Å². The van der Waals surface area contributed by atoms with Gasteiger partial charge in [-0.2, -0.15) is 13.2 Å². The van der Waals surface area contributed by atoms with Gasteiger partial charge in [0.05, 0.1) is 0 Å². The quantitative estimate of drug-likeness (QED) is 0.821. The average Bonchev–Trinajstić information content (AvgIpc) is 2.45. The number of fused-ring (bicyclic) bond motifs is 1. The summed E-state index contributed by atoms with van der Waals surface area (Å²) in [6.45, 7) is 1.96. The minimum absolute atomic E-state index is 0.0396. The Balaban J connectivity index is 1.78. The second kappa shape index (κ2) is 6.93. The van der Waals surface area contributed by atoms with Crippen LogP contribution in [0.4, 0.5) is 13.2 Å². The van der Waals surface area contributed by atoms with Crippen LogP contribution in [0.3, 0.4) is 0 Å². The van der Waals surface area contributed by atoms with Crippen molar-refractivity contribution in [3.63, 3.8) is 0 Å². The molecule has 3 nitrogen and oxygen atoms in total. The van der Waals surface area contributed by atoms with Crippen molar-refractivity contribution in [2.45, 2.75) is 38.4 Å². The van der Waals surface area contributed by atoms with Gasteiger partial charge in [0.2, 0.25) is 0 Å². The third-order valence-corrected chi connectivity index (χ3v) is 3.53. The highest BCUT2D eigenvalue weighted by Gasteiger charge is 2.25. The maximum absolute atomic E-state index is 12.0. The minimum Gasteiger partial charge on any atom is -0.352 e. The molecule has 116 valence electrons. The Bertz CT molecular complexity index is 500. The molecule has 1 aromatic rings. The molecule has 0 radical (unpaired) electrons. The van der Waals surface area contributed by atoms with Crippen LogP contribution in [-0.2, 0) is 13.0 Å². The fraction of sp³-hybridized carbons (Fsp3) is 0.533. The van der Waals surface area contributed by atoms with Crippen LogP contribution in [0.1, 0.15) is 40.7 Å². The molecular weight excluding hydrogens is 281 g/mol. The van der Waals surface area contributed by atoms with Crippen molar-refractivity contribution < 1.29 is 18.0 Å². The summed E-state index contributed by atoms with van der Waals surface area (Å²) in [6, 6.07) is 5.58. The summed E-state index contributed by atoms with van der Waals surface area (Å²) in [5.41, 5.74) is 2.93. The van der Waals surface area contributed by atoms with E-state index in [-0.39, 0.29) is 18.9 Å². The zero-order valence-electron chi connectivity index (χ0n) is 11.7. The highest BCUT2D eigenvalue weighted by molar-refractivity contribution is 5.94. The Kier molecular flexibility index (Phi) is 5.22. The molecule has 2 rings (SSSR count). The van der Waals surface area contributed by atoms with Gasteiger partial charge in [-0.25, -0.2) is 0 Å². The second-order valence-electron chi connectivity index (χ2n) is 5.24. The maximum atomic E-state index is 12.0. The molecule has 0 fully saturated rings. The predicted octanol–water partition coefficient (Wildman–Crippen LogP) is 2.79. The summed E-state index contributed by atoms with van der Waals surface area (Å²) in [6.07, 6.45) is -3.59. The molecule has 0 aromatic heterocycles. The van der Waals surface area contributed by atoms with Gasteiger partial charge in [-0.15, -0.1) is 0 Å². The monoisotopic (exact) mass is 300 g/mol. The number of rotatable bonds is 5. The van der Waals surface area contributed by atoms with Crippen LogP contribution in [0.5, 0.6) is 0 Å². The van der Waals surface area contributed by atoms with Gasteiger partial charge in [0.1, 0.15) is 0 Å². The number of halogens is 3. The van der Waals surface area contributed by atoms with Gasteiger partial charge in [-0.05, 0) is 49.1 Å². The fourth-order valence-electron chi connectivity index (χ4n) is 2.38.